The molecular formula is C32H44N2O3. The van der Waals surface area contributed by atoms with E-state index in [1.165, 1.54) is 0 Å². The first-order chi connectivity index (χ1) is 17.0. The van der Waals surface area contributed by atoms with Gasteiger partial charge in [0.2, 0.25) is 5.91 Å². The van der Waals surface area contributed by atoms with Crippen molar-refractivity contribution < 1.29 is 14.4 Å². The highest BCUT2D eigenvalue weighted by Gasteiger charge is 2.83. The summed E-state index contributed by atoms with van der Waals surface area (Å²) in [4.78, 5) is 44.2. The number of ketones is 2. The summed E-state index contributed by atoms with van der Waals surface area (Å²) in [5, 5.41) is 9.92. The van der Waals surface area contributed by atoms with Gasteiger partial charge in [0.15, 0.2) is 11.6 Å². The highest BCUT2D eigenvalue weighted by atomic mass is 16.2. The van der Waals surface area contributed by atoms with Crippen molar-refractivity contribution >= 4 is 17.5 Å². The molecule has 37 heavy (non-hydrogen) atoms. The Hall–Kier alpha value is -1.96. The lowest BCUT2D eigenvalue weighted by Gasteiger charge is -2.73. The normalized spacial score (nSPS) is 51.3. The standard InChI is InChI=1S/C32H44N2O3/c1-26(2)11-13-31-14-12-30(7)29(6)10-9-20-27(3,4)24(36)19(18-33)16-28(20,5)21(29)15-23(35)32(30,22(31)17-26)34(8)25(31)37/h16,20-22H,9-15,17H2,1-8H3/t20?,21?,22?,28-,29+,30-,31-,32+/m0/s1. The fourth-order valence-corrected chi connectivity index (χ4v) is 12.0. The van der Waals surface area contributed by atoms with E-state index in [4.69, 9.17) is 0 Å². The van der Waals surface area contributed by atoms with Crippen LogP contribution in [0.4, 0.5) is 0 Å². The molecule has 0 aromatic heterocycles. The molecule has 8 atom stereocenters. The smallest absolute Gasteiger partial charge is 0.229 e. The number of fused-ring (bicyclic) bond motifs is 4. The van der Waals surface area contributed by atoms with E-state index in [-0.39, 0.29) is 57.0 Å². The number of amides is 1. The monoisotopic (exact) mass is 504 g/mol. The summed E-state index contributed by atoms with van der Waals surface area (Å²) in [6.07, 6.45) is 8.83. The van der Waals surface area contributed by atoms with E-state index >= 15 is 0 Å². The highest BCUT2D eigenvalue weighted by Crippen LogP contribution is 2.79. The van der Waals surface area contributed by atoms with Crippen molar-refractivity contribution in [2.75, 3.05) is 7.05 Å². The third-order valence-corrected chi connectivity index (χ3v) is 13.9. The number of carbonyl (C=O) groups excluding carboxylic acids is 3. The quantitative estimate of drug-likeness (QED) is 0.413. The van der Waals surface area contributed by atoms with Gasteiger partial charge in [-0.25, -0.2) is 0 Å². The number of likely N-dealkylation sites (N-methyl/N-ethyl adjacent to an activating group) is 1. The molecule has 200 valence electrons. The SMILES string of the molecule is CN1C(=O)[C@]23CCC(C)(C)CC2[C@]12C(=O)CC1[C@@]4(C)C=C(C#N)C(=O)C(C)(C)C4CC[C@@]1(C)[C@]2(C)CC3. The largest absolute Gasteiger partial charge is 0.332 e. The van der Waals surface area contributed by atoms with Crippen molar-refractivity contribution in [1.82, 2.24) is 4.90 Å². The van der Waals surface area contributed by atoms with Crippen molar-refractivity contribution in [2.45, 2.75) is 105 Å². The van der Waals surface area contributed by atoms with Gasteiger partial charge in [-0.1, -0.05) is 54.5 Å². The molecule has 5 nitrogen and oxygen atoms in total. The predicted octanol–water partition coefficient (Wildman–Crippen LogP) is 5.88. The second-order valence-corrected chi connectivity index (χ2v) is 15.8. The molecule has 1 spiro atoms. The maximum Gasteiger partial charge on any atom is 0.229 e. The highest BCUT2D eigenvalue weighted by molar-refractivity contribution is 6.04. The second-order valence-electron chi connectivity index (χ2n) is 15.8. The maximum atomic E-state index is 14.9. The average Bonchev–Trinajstić information content (AvgIpc) is 2.95. The number of nitriles is 1. The van der Waals surface area contributed by atoms with E-state index in [1.54, 1.807) is 0 Å². The third kappa shape index (κ3) is 2.43. The number of likely N-dealkylation sites (tertiary alicyclic amines) is 1. The summed E-state index contributed by atoms with van der Waals surface area (Å²) in [7, 11) is 1.93. The Labute approximate surface area is 222 Å². The summed E-state index contributed by atoms with van der Waals surface area (Å²) in [6.45, 7) is 15.6. The first kappa shape index (κ1) is 25.3. The van der Waals surface area contributed by atoms with Crippen molar-refractivity contribution in [1.29, 1.82) is 5.26 Å². The average molecular weight is 505 g/mol. The van der Waals surface area contributed by atoms with Crippen molar-refractivity contribution in [3.63, 3.8) is 0 Å². The Morgan fingerprint density at radius 3 is 2.19 bits per heavy atom. The minimum atomic E-state index is -0.768. The summed E-state index contributed by atoms with van der Waals surface area (Å²) in [5.41, 5.74) is -2.38. The second kappa shape index (κ2) is 6.78. The van der Waals surface area contributed by atoms with Gasteiger partial charge in [-0.15, -0.1) is 0 Å². The molecule has 5 heteroatoms. The molecule has 2 bridgehead atoms. The molecule has 1 saturated heterocycles. The molecule has 1 heterocycles. The van der Waals surface area contributed by atoms with Gasteiger partial charge in [0.1, 0.15) is 11.6 Å². The zero-order chi connectivity index (χ0) is 27.2. The van der Waals surface area contributed by atoms with Gasteiger partial charge in [-0.05, 0) is 73.0 Å². The van der Waals surface area contributed by atoms with E-state index in [0.29, 0.717) is 6.42 Å². The molecule has 1 amide bonds. The Morgan fingerprint density at radius 2 is 1.54 bits per heavy atom. The first-order valence-corrected chi connectivity index (χ1v) is 14.5. The van der Waals surface area contributed by atoms with Crippen LogP contribution in [0.2, 0.25) is 0 Å². The fourth-order valence-electron chi connectivity index (χ4n) is 12.0. The first-order valence-electron chi connectivity index (χ1n) is 14.5. The van der Waals surface area contributed by atoms with Crippen LogP contribution in [0.25, 0.3) is 0 Å². The minimum Gasteiger partial charge on any atom is -0.332 e. The molecule has 5 fully saturated rings. The van der Waals surface area contributed by atoms with Gasteiger partial charge in [0, 0.05) is 30.2 Å². The van der Waals surface area contributed by atoms with Gasteiger partial charge in [0.25, 0.3) is 0 Å². The molecule has 4 saturated carbocycles. The van der Waals surface area contributed by atoms with Crippen LogP contribution >= 0.6 is 0 Å². The Bertz CT molecular complexity index is 1220. The molecule has 3 unspecified atom stereocenters. The van der Waals surface area contributed by atoms with Crippen molar-refractivity contribution in [2.24, 2.45) is 50.2 Å². The van der Waals surface area contributed by atoms with Crippen LogP contribution in [0.5, 0.6) is 0 Å². The molecule has 6 rings (SSSR count). The van der Waals surface area contributed by atoms with Crippen LogP contribution in [-0.4, -0.2) is 35.0 Å². The zero-order valence-corrected chi connectivity index (χ0v) is 24.1. The van der Waals surface area contributed by atoms with Crippen LogP contribution in [-0.2, 0) is 14.4 Å². The number of nitrogens with zero attached hydrogens (tertiary/aromatic N) is 2. The molecular weight excluding hydrogens is 460 g/mol. The van der Waals surface area contributed by atoms with Crippen LogP contribution in [0, 0.1) is 61.6 Å². The van der Waals surface area contributed by atoms with Gasteiger partial charge in [-0.3, -0.25) is 14.4 Å². The molecule has 5 aliphatic carbocycles. The summed E-state index contributed by atoms with van der Waals surface area (Å²) in [6, 6.07) is 2.21. The Morgan fingerprint density at radius 1 is 0.892 bits per heavy atom. The number of rotatable bonds is 0. The van der Waals surface area contributed by atoms with E-state index in [9.17, 15) is 19.6 Å². The number of allylic oxidation sites excluding steroid dienone is 2. The summed E-state index contributed by atoms with van der Waals surface area (Å²) < 4.78 is 0. The third-order valence-electron chi connectivity index (χ3n) is 13.9. The van der Waals surface area contributed by atoms with Gasteiger partial charge < -0.3 is 4.90 Å². The number of Topliss-reactive ketones (excluding diaryl/α,β-unsaturated/α-hetero) is 2. The Balaban J connectivity index is 1.57. The molecule has 0 N–H and O–H groups in total. The van der Waals surface area contributed by atoms with Crippen molar-refractivity contribution in [3.05, 3.63) is 11.6 Å². The molecule has 0 radical (unpaired) electrons. The molecule has 6 aliphatic rings. The van der Waals surface area contributed by atoms with Crippen LogP contribution < -0.4 is 0 Å². The van der Waals surface area contributed by atoms with E-state index in [1.807, 2.05) is 31.9 Å². The molecule has 0 aromatic carbocycles. The number of hydrogen-bond donors (Lipinski definition) is 0. The van der Waals surface area contributed by atoms with E-state index in [0.717, 1.165) is 44.9 Å². The number of carbonyl (C=O) groups is 3. The van der Waals surface area contributed by atoms with Crippen LogP contribution in [0.3, 0.4) is 0 Å². The lowest BCUT2D eigenvalue weighted by molar-refractivity contribution is -0.231. The maximum absolute atomic E-state index is 14.9. The molecule has 0 aromatic rings. The lowest BCUT2D eigenvalue weighted by atomic mass is 9.30. The van der Waals surface area contributed by atoms with Crippen LogP contribution in [0.1, 0.15) is 99.8 Å². The minimum absolute atomic E-state index is 0.0332. The lowest BCUT2D eigenvalue weighted by Crippen LogP contribution is -2.77. The predicted molar refractivity (Wildman–Crippen MR) is 141 cm³/mol. The molecule has 1 aliphatic heterocycles. The van der Waals surface area contributed by atoms with Crippen molar-refractivity contribution in [3.8, 4) is 6.07 Å². The summed E-state index contributed by atoms with van der Waals surface area (Å²) in [5.74, 6) is 0.576. The topological polar surface area (TPSA) is 78.2 Å². The van der Waals surface area contributed by atoms with E-state index in [2.05, 4.69) is 40.7 Å². The van der Waals surface area contributed by atoms with Gasteiger partial charge in [0.05, 0.1) is 11.0 Å². The fraction of sp³-hybridized carbons (Fsp3) is 0.812. The zero-order valence-electron chi connectivity index (χ0n) is 24.1. The number of hydrogen-bond acceptors (Lipinski definition) is 4. The van der Waals surface area contributed by atoms with Gasteiger partial charge in [-0.2, -0.15) is 5.26 Å². The van der Waals surface area contributed by atoms with Gasteiger partial charge >= 0.3 is 0 Å². The Kier molecular flexibility index (Phi) is 4.64. The summed E-state index contributed by atoms with van der Waals surface area (Å²) >= 11 is 0. The van der Waals surface area contributed by atoms with Crippen LogP contribution in [0.15, 0.2) is 11.6 Å². The van der Waals surface area contributed by atoms with E-state index < -0.39 is 21.8 Å².